The molecule has 1 heterocycles. The van der Waals surface area contributed by atoms with Gasteiger partial charge >= 0.3 is 5.97 Å². The fraction of sp³-hybridized carbons (Fsp3) is 0.167. The van der Waals surface area contributed by atoms with Gasteiger partial charge in [0.1, 0.15) is 4.88 Å². The van der Waals surface area contributed by atoms with Crippen LogP contribution in [0.4, 0.5) is 0 Å². The van der Waals surface area contributed by atoms with Gasteiger partial charge in [-0.2, -0.15) is 0 Å². The van der Waals surface area contributed by atoms with Crippen molar-refractivity contribution >= 4 is 39.2 Å². The summed E-state index contributed by atoms with van der Waals surface area (Å²) in [4.78, 5) is 14.6. The average Bonchev–Trinajstić information content (AvgIpc) is 2.99. The largest absolute Gasteiger partial charge is 0.493 e. The molecule has 0 fully saturated rings. The van der Waals surface area contributed by atoms with Crippen molar-refractivity contribution in [3.8, 4) is 11.5 Å². The number of rotatable bonds is 5. The van der Waals surface area contributed by atoms with Crippen LogP contribution in [0.25, 0.3) is 10.1 Å². The number of thiophene rings is 1. The maximum absolute atomic E-state index is 12.1. The molecule has 24 heavy (non-hydrogen) atoms. The molecular formula is C18H16O4S2. The fourth-order valence-electron chi connectivity index (χ4n) is 2.35. The summed E-state index contributed by atoms with van der Waals surface area (Å²) in [5.74, 6) is 1.01. The minimum atomic E-state index is -0.320. The number of hydrogen-bond acceptors (Lipinski definition) is 6. The summed E-state index contributed by atoms with van der Waals surface area (Å²) in [6.07, 6.45) is 0. The lowest BCUT2D eigenvalue weighted by atomic mass is 10.2. The maximum Gasteiger partial charge on any atom is 0.349 e. The van der Waals surface area contributed by atoms with E-state index in [0.717, 1.165) is 19.9 Å². The van der Waals surface area contributed by atoms with Crippen LogP contribution in [-0.2, 0) is 4.74 Å². The maximum atomic E-state index is 12.1. The van der Waals surface area contributed by atoms with Crippen LogP contribution < -0.4 is 9.47 Å². The van der Waals surface area contributed by atoms with Gasteiger partial charge in [-0.1, -0.05) is 30.0 Å². The first kappa shape index (κ1) is 16.7. The van der Waals surface area contributed by atoms with Gasteiger partial charge in [-0.15, -0.1) is 11.3 Å². The van der Waals surface area contributed by atoms with E-state index in [4.69, 9.17) is 14.2 Å². The van der Waals surface area contributed by atoms with Crippen LogP contribution in [0.1, 0.15) is 9.67 Å². The van der Waals surface area contributed by atoms with Gasteiger partial charge < -0.3 is 14.2 Å². The summed E-state index contributed by atoms with van der Waals surface area (Å²) < 4.78 is 16.6. The summed E-state index contributed by atoms with van der Waals surface area (Å²) in [5, 5.41) is 1.04. The van der Waals surface area contributed by atoms with Crippen LogP contribution in [0, 0.1) is 0 Å². The van der Waals surface area contributed by atoms with Crippen molar-refractivity contribution in [2.75, 3.05) is 21.3 Å². The van der Waals surface area contributed by atoms with E-state index >= 15 is 0 Å². The second-order valence-corrected chi connectivity index (χ2v) is 7.00. The summed E-state index contributed by atoms with van der Waals surface area (Å²) >= 11 is 2.96. The second kappa shape index (κ2) is 7.15. The van der Waals surface area contributed by atoms with E-state index in [1.54, 1.807) is 14.2 Å². The Hall–Kier alpha value is -2.18. The lowest BCUT2D eigenvalue weighted by Crippen LogP contribution is -1.99. The van der Waals surface area contributed by atoms with Gasteiger partial charge in [0.15, 0.2) is 11.5 Å². The number of carbonyl (C=O) groups excluding carboxylic acids is 1. The molecule has 0 saturated heterocycles. The first-order valence-corrected chi connectivity index (χ1v) is 8.81. The number of hydrogen-bond donors (Lipinski definition) is 0. The molecule has 0 aliphatic carbocycles. The average molecular weight is 360 g/mol. The van der Waals surface area contributed by atoms with Gasteiger partial charge in [0, 0.05) is 19.9 Å². The molecule has 0 aliphatic heterocycles. The van der Waals surface area contributed by atoms with Gasteiger partial charge in [0.2, 0.25) is 0 Å². The van der Waals surface area contributed by atoms with Crippen molar-refractivity contribution in [3.63, 3.8) is 0 Å². The summed E-state index contributed by atoms with van der Waals surface area (Å²) in [5.41, 5.74) is 0. The topological polar surface area (TPSA) is 44.8 Å². The molecule has 2 aromatic carbocycles. The van der Waals surface area contributed by atoms with Crippen molar-refractivity contribution in [3.05, 3.63) is 47.3 Å². The molecule has 1 aromatic heterocycles. The zero-order chi connectivity index (χ0) is 17.1. The number of methoxy groups -OCH3 is 3. The first-order valence-electron chi connectivity index (χ1n) is 7.17. The number of fused-ring (bicyclic) bond motifs is 1. The monoisotopic (exact) mass is 360 g/mol. The Morgan fingerprint density at radius 1 is 1.00 bits per heavy atom. The lowest BCUT2D eigenvalue weighted by Gasteiger charge is -2.09. The molecular weight excluding hydrogens is 344 g/mol. The van der Waals surface area contributed by atoms with Crippen molar-refractivity contribution in [2.24, 2.45) is 0 Å². The number of esters is 1. The molecule has 4 nitrogen and oxygen atoms in total. The highest BCUT2D eigenvalue weighted by Crippen LogP contribution is 2.43. The van der Waals surface area contributed by atoms with E-state index in [-0.39, 0.29) is 5.97 Å². The van der Waals surface area contributed by atoms with E-state index in [9.17, 15) is 4.79 Å². The molecule has 6 heteroatoms. The minimum absolute atomic E-state index is 0.320. The van der Waals surface area contributed by atoms with Crippen LogP contribution in [0.3, 0.4) is 0 Å². The van der Waals surface area contributed by atoms with Crippen LogP contribution >= 0.6 is 23.1 Å². The van der Waals surface area contributed by atoms with Crippen LogP contribution in [0.2, 0.25) is 0 Å². The van der Waals surface area contributed by atoms with Crippen molar-refractivity contribution in [1.82, 2.24) is 0 Å². The van der Waals surface area contributed by atoms with Crippen molar-refractivity contribution in [1.29, 1.82) is 0 Å². The van der Waals surface area contributed by atoms with E-state index in [2.05, 4.69) is 0 Å². The third-order valence-electron chi connectivity index (χ3n) is 3.50. The zero-order valence-corrected chi connectivity index (χ0v) is 15.1. The SMILES string of the molecule is COC(=O)c1sc2ccccc2c1Sc1ccc(OC)c(OC)c1. The van der Waals surface area contributed by atoms with Gasteiger partial charge in [-0.25, -0.2) is 4.79 Å². The molecule has 0 unspecified atom stereocenters. The predicted octanol–water partition coefficient (Wildman–Crippen LogP) is 4.86. The third kappa shape index (κ3) is 3.07. The first-order chi connectivity index (χ1) is 11.7. The Labute approximate surface area is 148 Å². The van der Waals surface area contributed by atoms with E-state index in [0.29, 0.717) is 16.4 Å². The molecule has 3 aromatic rings. The molecule has 0 atom stereocenters. The van der Waals surface area contributed by atoms with E-state index in [1.807, 2.05) is 42.5 Å². The number of ether oxygens (including phenoxy) is 3. The van der Waals surface area contributed by atoms with E-state index in [1.165, 1.54) is 30.2 Å². The van der Waals surface area contributed by atoms with Crippen molar-refractivity contribution in [2.45, 2.75) is 9.79 Å². The second-order valence-electron chi connectivity index (χ2n) is 4.87. The molecule has 0 bridgehead atoms. The van der Waals surface area contributed by atoms with Crippen molar-refractivity contribution < 1.29 is 19.0 Å². The standard InChI is InChI=1S/C18H16O4S2/c1-20-13-9-8-11(10-14(13)21-2)23-16-12-6-4-5-7-15(12)24-17(16)18(19)22-3/h4-10H,1-3H3. The summed E-state index contributed by atoms with van der Waals surface area (Å²) in [7, 11) is 4.61. The quantitative estimate of drug-likeness (QED) is 0.608. The summed E-state index contributed by atoms with van der Waals surface area (Å²) in [6.45, 7) is 0. The van der Waals surface area contributed by atoms with Crippen LogP contribution in [0.15, 0.2) is 52.3 Å². The van der Waals surface area contributed by atoms with Crippen LogP contribution in [0.5, 0.6) is 11.5 Å². The highest BCUT2D eigenvalue weighted by atomic mass is 32.2. The van der Waals surface area contributed by atoms with Gasteiger partial charge in [0.05, 0.1) is 21.3 Å². The summed E-state index contributed by atoms with van der Waals surface area (Å²) in [6, 6.07) is 13.6. The molecule has 0 aliphatic rings. The fourth-order valence-corrected chi connectivity index (χ4v) is 4.68. The Morgan fingerprint density at radius 3 is 2.46 bits per heavy atom. The highest BCUT2D eigenvalue weighted by molar-refractivity contribution is 7.99. The molecule has 0 radical (unpaired) electrons. The third-order valence-corrected chi connectivity index (χ3v) is 5.89. The van der Waals surface area contributed by atoms with Gasteiger partial charge in [0.25, 0.3) is 0 Å². The Bertz CT molecular complexity index is 886. The Kier molecular flexibility index (Phi) is 4.97. The van der Waals surface area contributed by atoms with Gasteiger partial charge in [-0.05, 0) is 24.3 Å². The molecule has 0 amide bonds. The van der Waals surface area contributed by atoms with Gasteiger partial charge in [-0.3, -0.25) is 0 Å². The molecule has 0 N–H and O–H groups in total. The number of benzene rings is 2. The zero-order valence-electron chi connectivity index (χ0n) is 13.5. The predicted molar refractivity (Wildman–Crippen MR) is 96.8 cm³/mol. The highest BCUT2D eigenvalue weighted by Gasteiger charge is 2.20. The smallest absolute Gasteiger partial charge is 0.349 e. The van der Waals surface area contributed by atoms with Crippen LogP contribution in [-0.4, -0.2) is 27.3 Å². The lowest BCUT2D eigenvalue weighted by molar-refractivity contribution is 0.0603. The molecule has 0 spiro atoms. The Morgan fingerprint density at radius 2 is 1.75 bits per heavy atom. The number of carbonyl (C=O) groups is 1. The molecule has 124 valence electrons. The molecule has 0 saturated carbocycles. The Balaban J connectivity index is 2.07. The molecule has 3 rings (SSSR count). The normalized spacial score (nSPS) is 10.6. The van der Waals surface area contributed by atoms with E-state index < -0.39 is 0 Å². The minimum Gasteiger partial charge on any atom is -0.493 e.